The molecule has 25 heavy (non-hydrogen) atoms. The van der Waals surface area contributed by atoms with E-state index in [0.29, 0.717) is 4.75 Å². The summed E-state index contributed by atoms with van der Waals surface area (Å²) in [5.41, 5.74) is 0. The third-order valence-corrected chi connectivity index (χ3v) is 6.51. The second kappa shape index (κ2) is 8.95. The summed E-state index contributed by atoms with van der Waals surface area (Å²) in [5.74, 6) is 1.71. The lowest BCUT2D eigenvalue weighted by molar-refractivity contribution is 0.210. The molecule has 1 aliphatic carbocycles. The Kier molecular flexibility index (Phi) is 6.65. The zero-order chi connectivity index (χ0) is 17.5. The predicted molar refractivity (Wildman–Crippen MR) is 108 cm³/mol. The van der Waals surface area contributed by atoms with Gasteiger partial charge in [-0.05, 0) is 64.3 Å². The van der Waals surface area contributed by atoms with Gasteiger partial charge in [0.15, 0.2) is 5.96 Å². The van der Waals surface area contributed by atoms with Crippen molar-refractivity contribution in [3.05, 3.63) is 30.3 Å². The Morgan fingerprint density at radius 1 is 1.28 bits per heavy atom. The highest BCUT2D eigenvalue weighted by Crippen LogP contribution is 2.51. The molecule has 1 saturated carbocycles. The van der Waals surface area contributed by atoms with E-state index in [0.717, 1.165) is 31.5 Å². The highest BCUT2D eigenvalue weighted by Gasteiger charge is 2.43. The van der Waals surface area contributed by atoms with Gasteiger partial charge >= 0.3 is 0 Å². The molecule has 0 aromatic heterocycles. The lowest BCUT2D eigenvalue weighted by Gasteiger charge is -2.30. The molecule has 1 aromatic carbocycles. The fourth-order valence-corrected chi connectivity index (χ4v) is 4.64. The first-order valence-electron chi connectivity index (χ1n) is 9.64. The van der Waals surface area contributed by atoms with Crippen molar-refractivity contribution >= 4 is 17.7 Å². The number of thioether (sulfide) groups is 1. The van der Waals surface area contributed by atoms with Gasteiger partial charge in [0.25, 0.3) is 0 Å². The normalized spacial score (nSPS) is 23.3. The van der Waals surface area contributed by atoms with Crippen LogP contribution in [0.15, 0.2) is 40.2 Å². The minimum atomic E-state index is 0.314. The van der Waals surface area contributed by atoms with E-state index in [4.69, 9.17) is 4.99 Å². The van der Waals surface area contributed by atoms with Crippen LogP contribution in [0.1, 0.15) is 32.6 Å². The van der Waals surface area contributed by atoms with Gasteiger partial charge in [-0.3, -0.25) is 4.99 Å². The average Bonchev–Trinajstić information content (AvgIpc) is 3.38. The summed E-state index contributed by atoms with van der Waals surface area (Å²) in [6, 6.07) is 10.7. The number of likely N-dealkylation sites (tertiary alicyclic amines) is 1. The molecule has 2 fully saturated rings. The number of guanidine groups is 1. The molecule has 138 valence electrons. The van der Waals surface area contributed by atoms with Gasteiger partial charge < -0.3 is 15.5 Å². The molecule has 0 radical (unpaired) electrons. The van der Waals surface area contributed by atoms with Crippen molar-refractivity contribution in [3.8, 4) is 0 Å². The smallest absolute Gasteiger partial charge is 0.191 e. The molecule has 2 N–H and O–H groups in total. The molecule has 3 rings (SSSR count). The van der Waals surface area contributed by atoms with E-state index >= 15 is 0 Å². The van der Waals surface area contributed by atoms with Crippen molar-refractivity contribution in [1.29, 1.82) is 0 Å². The fraction of sp³-hybridized carbons (Fsp3) is 0.650. The maximum Gasteiger partial charge on any atom is 0.191 e. The van der Waals surface area contributed by atoms with Crippen LogP contribution in [-0.2, 0) is 0 Å². The summed E-state index contributed by atoms with van der Waals surface area (Å²) in [4.78, 5) is 8.71. The Labute approximate surface area is 156 Å². The number of hydrogen-bond acceptors (Lipinski definition) is 3. The summed E-state index contributed by atoms with van der Waals surface area (Å²) < 4.78 is 0.314. The van der Waals surface area contributed by atoms with Crippen molar-refractivity contribution in [2.75, 3.05) is 39.8 Å². The molecular formula is C20H32N4S. The maximum absolute atomic E-state index is 4.91. The zero-order valence-electron chi connectivity index (χ0n) is 15.6. The van der Waals surface area contributed by atoms with Crippen molar-refractivity contribution in [2.45, 2.75) is 42.2 Å². The fourth-order valence-electron chi connectivity index (χ4n) is 3.42. The van der Waals surface area contributed by atoms with E-state index in [1.807, 2.05) is 11.8 Å². The lowest BCUT2D eigenvalue weighted by Crippen LogP contribution is -2.43. The second-order valence-corrected chi connectivity index (χ2v) is 8.99. The number of hydrogen-bond donors (Lipinski definition) is 2. The van der Waals surface area contributed by atoms with Crippen LogP contribution in [0.3, 0.4) is 0 Å². The molecule has 5 heteroatoms. The first kappa shape index (κ1) is 18.6. The predicted octanol–water partition coefficient (Wildman–Crippen LogP) is 3.21. The van der Waals surface area contributed by atoms with E-state index in [1.165, 1.54) is 43.7 Å². The Morgan fingerprint density at radius 2 is 2.08 bits per heavy atom. The van der Waals surface area contributed by atoms with Gasteiger partial charge in [-0.2, -0.15) is 0 Å². The summed E-state index contributed by atoms with van der Waals surface area (Å²) >= 11 is 1.99. The van der Waals surface area contributed by atoms with Crippen LogP contribution in [0.5, 0.6) is 0 Å². The van der Waals surface area contributed by atoms with Crippen molar-refractivity contribution in [2.24, 2.45) is 10.9 Å². The molecule has 1 aliphatic heterocycles. The Bertz CT molecular complexity index is 556. The Hall–Kier alpha value is -1.20. The quantitative estimate of drug-likeness (QED) is 0.579. The van der Waals surface area contributed by atoms with Crippen LogP contribution in [0, 0.1) is 5.92 Å². The molecule has 1 atom stereocenters. The molecule has 1 aromatic rings. The lowest BCUT2D eigenvalue weighted by atomic mass is 9.99. The van der Waals surface area contributed by atoms with Gasteiger partial charge in [0.2, 0.25) is 0 Å². The largest absolute Gasteiger partial charge is 0.357 e. The molecule has 1 saturated heterocycles. The monoisotopic (exact) mass is 360 g/mol. The maximum atomic E-state index is 4.91. The standard InChI is InChI=1S/C20H32N4S/c1-3-21-19(22-14-17-8-7-13-24(2)15-17)23-16-20(11-12-20)25-18-9-5-4-6-10-18/h4-6,9-10,17H,3,7-8,11-16H2,1-2H3,(H2,21,22,23). The van der Waals surface area contributed by atoms with Crippen LogP contribution in [-0.4, -0.2) is 55.4 Å². The topological polar surface area (TPSA) is 39.7 Å². The second-order valence-electron chi connectivity index (χ2n) is 7.44. The molecule has 2 aliphatic rings. The third kappa shape index (κ3) is 5.93. The molecule has 1 unspecified atom stereocenters. The van der Waals surface area contributed by atoms with Gasteiger partial charge in [0, 0.05) is 29.3 Å². The highest BCUT2D eigenvalue weighted by atomic mass is 32.2. The van der Waals surface area contributed by atoms with Crippen LogP contribution < -0.4 is 10.6 Å². The van der Waals surface area contributed by atoms with E-state index in [-0.39, 0.29) is 0 Å². The van der Waals surface area contributed by atoms with E-state index in [9.17, 15) is 0 Å². The molecular weight excluding hydrogens is 328 g/mol. The van der Waals surface area contributed by atoms with Crippen LogP contribution in [0.25, 0.3) is 0 Å². The Balaban J connectivity index is 1.51. The number of nitrogens with zero attached hydrogens (tertiary/aromatic N) is 2. The third-order valence-electron chi connectivity index (χ3n) is 5.04. The van der Waals surface area contributed by atoms with Crippen molar-refractivity contribution in [1.82, 2.24) is 15.5 Å². The first-order chi connectivity index (χ1) is 12.2. The number of nitrogens with one attached hydrogen (secondary N) is 2. The molecule has 0 bridgehead atoms. The molecule has 0 spiro atoms. The van der Waals surface area contributed by atoms with E-state index < -0.39 is 0 Å². The van der Waals surface area contributed by atoms with Crippen molar-refractivity contribution in [3.63, 3.8) is 0 Å². The number of piperidine rings is 1. The summed E-state index contributed by atoms with van der Waals surface area (Å²) in [7, 11) is 2.23. The number of aliphatic imine (C=N–C) groups is 1. The van der Waals surface area contributed by atoms with Gasteiger partial charge in [-0.15, -0.1) is 11.8 Å². The average molecular weight is 361 g/mol. The minimum absolute atomic E-state index is 0.314. The number of benzene rings is 1. The van der Waals surface area contributed by atoms with Crippen LogP contribution >= 0.6 is 11.8 Å². The van der Waals surface area contributed by atoms with E-state index in [2.05, 4.69) is 59.8 Å². The van der Waals surface area contributed by atoms with Crippen LogP contribution in [0.2, 0.25) is 0 Å². The van der Waals surface area contributed by atoms with Gasteiger partial charge in [-0.1, -0.05) is 18.2 Å². The molecule has 4 nitrogen and oxygen atoms in total. The van der Waals surface area contributed by atoms with Gasteiger partial charge in [0.05, 0.1) is 6.54 Å². The zero-order valence-corrected chi connectivity index (χ0v) is 16.4. The van der Waals surface area contributed by atoms with Crippen molar-refractivity contribution < 1.29 is 0 Å². The summed E-state index contributed by atoms with van der Waals surface area (Å²) in [6.45, 7) is 7.40. The van der Waals surface area contributed by atoms with Gasteiger partial charge in [-0.25, -0.2) is 0 Å². The van der Waals surface area contributed by atoms with E-state index in [1.54, 1.807) is 0 Å². The van der Waals surface area contributed by atoms with Gasteiger partial charge in [0.1, 0.15) is 0 Å². The SMILES string of the molecule is CCNC(=NCC1(Sc2ccccc2)CC1)NCC1CCCN(C)C1. The highest BCUT2D eigenvalue weighted by molar-refractivity contribution is 8.01. The molecule has 1 heterocycles. The minimum Gasteiger partial charge on any atom is -0.357 e. The number of rotatable bonds is 7. The van der Waals surface area contributed by atoms with Crippen LogP contribution in [0.4, 0.5) is 0 Å². The summed E-state index contributed by atoms with van der Waals surface area (Å²) in [5, 5.41) is 6.99. The summed E-state index contributed by atoms with van der Waals surface area (Å²) in [6.07, 6.45) is 5.17. The Morgan fingerprint density at radius 3 is 2.76 bits per heavy atom. The molecule has 0 amide bonds. The first-order valence-corrected chi connectivity index (χ1v) is 10.5.